The summed E-state index contributed by atoms with van der Waals surface area (Å²) in [7, 11) is 0. The van der Waals surface area contributed by atoms with Crippen LogP contribution in [0, 0.1) is 5.82 Å². The maximum Gasteiger partial charge on any atom is 0.138 e. The van der Waals surface area contributed by atoms with Gasteiger partial charge in [-0.3, -0.25) is 0 Å². The minimum atomic E-state index is -0.370. The summed E-state index contributed by atoms with van der Waals surface area (Å²) in [5, 5.41) is 3.50. The highest BCUT2D eigenvalue weighted by molar-refractivity contribution is 6.32. The van der Waals surface area contributed by atoms with Crippen LogP contribution in [0.25, 0.3) is 0 Å². The molecule has 4 heteroatoms. The van der Waals surface area contributed by atoms with E-state index in [0.29, 0.717) is 18.9 Å². The van der Waals surface area contributed by atoms with Gasteiger partial charge in [0.15, 0.2) is 0 Å². The normalized spacial score (nSPS) is 10.3. The van der Waals surface area contributed by atoms with Gasteiger partial charge in [0, 0.05) is 6.54 Å². The minimum Gasteiger partial charge on any atom is -0.488 e. The van der Waals surface area contributed by atoms with Crippen molar-refractivity contribution in [2.75, 3.05) is 19.7 Å². The van der Waals surface area contributed by atoms with Crippen LogP contribution in [-0.2, 0) is 0 Å². The van der Waals surface area contributed by atoms with Crippen LogP contribution in [0.2, 0.25) is 5.02 Å². The summed E-state index contributed by atoms with van der Waals surface area (Å²) < 4.78 is 18.2. The molecule has 0 radical (unpaired) electrons. The molecule has 0 spiro atoms. The second-order valence-electron chi connectivity index (χ2n) is 3.79. The van der Waals surface area contributed by atoms with Gasteiger partial charge in [0.25, 0.3) is 0 Å². The molecule has 0 bridgehead atoms. The van der Waals surface area contributed by atoms with E-state index in [0.717, 1.165) is 18.5 Å². The lowest BCUT2D eigenvalue weighted by atomic mass is 10.3. The van der Waals surface area contributed by atoms with Gasteiger partial charge in [0.05, 0.1) is 5.02 Å². The standard InChI is InChI=1S/C13H17ClFNO/c1-3-6-16-8-10(2)9-17-13-5-4-11(15)7-12(13)14/h4-5,7,16H,2-3,6,8-9H2,1H3. The van der Waals surface area contributed by atoms with Gasteiger partial charge in [0.2, 0.25) is 0 Å². The van der Waals surface area contributed by atoms with Gasteiger partial charge in [-0.1, -0.05) is 25.1 Å². The number of benzene rings is 1. The fraction of sp³-hybridized carbons (Fsp3) is 0.385. The second-order valence-corrected chi connectivity index (χ2v) is 4.20. The first kappa shape index (κ1) is 14.0. The molecule has 1 N–H and O–H groups in total. The smallest absolute Gasteiger partial charge is 0.138 e. The number of ether oxygens (including phenoxy) is 1. The van der Waals surface area contributed by atoms with E-state index in [1.54, 1.807) is 0 Å². The van der Waals surface area contributed by atoms with Crippen LogP contribution in [0.15, 0.2) is 30.4 Å². The zero-order valence-corrected chi connectivity index (χ0v) is 10.7. The first-order valence-electron chi connectivity index (χ1n) is 5.58. The average molecular weight is 258 g/mol. The van der Waals surface area contributed by atoms with Gasteiger partial charge in [-0.15, -0.1) is 0 Å². The minimum absolute atomic E-state index is 0.277. The Morgan fingerprint density at radius 2 is 2.29 bits per heavy atom. The summed E-state index contributed by atoms with van der Waals surface area (Å²) >= 11 is 5.83. The Balaban J connectivity index is 2.37. The molecule has 0 saturated heterocycles. The van der Waals surface area contributed by atoms with Crippen molar-refractivity contribution in [3.05, 3.63) is 41.2 Å². The van der Waals surface area contributed by atoms with E-state index < -0.39 is 0 Å². The highest BCUT2D eigenvalue weighted by atomic mass is 35.5. The molecule has 0 aliphatic carbocycles. The molecule has 0 atom stereocenters. The van der Waals surface area contributed by atoms with Crippen LogP contribution >= 0.6 is 11.6 Å². The lowest BCUT2D eigenvalue weighted by molar-refractivity contribution is 0.348. The molecule has 0 aliphatic heterocycles. The molecule has 0 aliphatic rings. The number of hydrogen-bond acceptors (Lipinski definition) is 2. The molecule has 94 valence electrons. The van der Waals surface area contributed by atoms with Crippen molar-refractivity contribution in [2.45, 2.75) is 13.3 Å². The molecule has 1 rings (SSSR count). The monoisotopic (exact) mass is 257 g/mol. The Kier molecular flexibility index (Phi) is 6.01. The van der Waals surface area contributed by atoms with E-state index in [4.69, 9.17) is 16.3 Å². The number of hydrogen-bond donors (Lipinski definition) is 1. The summed E-state index contributed by atoms with van der Waals surface area (Å²) in [6.45, 7) is 8.03. The quantitative estimate of drug-likeness (QED) is 0.597. The topological polar surface area (TPSA) is 21.3 Å². The summed E-state index contributed by atoms with van der Waals surface area (Å²) in [5.74, 6) is 0.107. The zero-order valence-electron chi connectivity index (χ0n) is 9.93. The Morgan fingerprint density at radius 1 is 1.53 bits per heavy atom. The molecule has 17 heavy (non-hydrogen) atoms. The van der Waals surface area contributed by atoms with E-state index >= 15 is 0 Å². The molecule has 0 fully saturated rings. The Bertz CT molecular complexity index is 382. The van der Waals surface area contributed by atoms with E-state index in [2.05, 4.69) is 18.8 Å². The van der Waals surface area contributed by atoms with Gasteiger partial charge in [-0.25, -0.2) is 4.39 Å². The van der Waals surface area contributed by atoms with Gasteiger partial charge in [0.1, 0.15) is 18.2 Å². The van der Waals surface area contributed by atoms with Crippen molar-refractivity contribution in [3.8, 4) is 5.75 Å². The summed E-state index contributed by atoms with van der Waals surface area (Å²) in [6, 6.07) is 4.07. The first-order chi connectivity index (χ1) is 8.13. The first-order valence-corrected chi connectivity index (χ1v) is 5.96. The predicted octanol–water partition coefficient (Wildman–Crippen LogP) is 3.41. The van der Waals surface area contributed by atoms with Crippen molar-refractivity contribution in [3.63, 3.8) is 0 Å². The van der Waals surface area contributed by atoms with Crippen LogP contribution in [0.1, 0.15) is 13.3 Å². The van der Waals surface area contributed by atoms with Crippen molar-refractivity contribution in [2.24, 2.45) is 0 Å². The number of rotatable bonds is 7. The van der Waals surface area contributed by atoms with Gasteiger partial charge >= 0.3 is 0 Å². The third kappa shape index (κ3) is 5.20. The molecule has 0 saturated carbocycles. The summed E-state index contributed by atoms with van der Waals surface area (Å²) in [4.78, 5) is 0. The van der Waals surface area contributed by atoms with Crippen LogP contribution in [0.4, 0.5) is 4.39 Å². The zero-order chi connectivity index (χ0) is 12.7. The molecular weight excluding hydrogens is 241 g/mol. The third-order valence-electron chi connectivity index (χ3n) is 2.13. The van der Waals surface area contributed by atoms with Crippen molar-refractivity contribution >= 4 is 11.6 Å². The molecule has 0 aromatic heterocycles. The van der Waals surface area contributed by atoms with Crippen molar-refractivity contribution in [1.82, 2.24) is 5.32 Å². The summed E-state index contributed by atoms with van der Waals surface area (Å²) in [6.07, 6.45) is 1.08. The van der Waals surface area contributed by atoms with E-state index in [9.17, 15) is 4.39 Å². The second kappa shape index (κ2) is 7.30. The van der Waals surface area contributed by atoms with Gasteiger partial charge < -0.3 is 10.1 Å². The van der Waals surface area contributed by atoms with Crippen LogP contribution < -0.4 is 10.1 Å². The fourth-order valence-corrected chi connectivity index (χ4v) is 1.49. The Labute approximate surface area is 106 Å². The Hall–Kier alpha value is -1.06. The van der Waals surface area contributed by atoms with Crippen molar-refractivity contribution < 1.29 is 9.13 Å². The predicted molar refractivity (Wildman–Crippen MR) is 69.2 cm³/mol. The highest BCUT2D eigenvalue weighted by Gasteiger charge is 2.03. The largest absolute Gasteiger partial charge is 0.488 e. The number of nitrogens with one attached hydrogen (secondary N) is 1. The molecule has 1 aromatic rings. The molecule has 0 unspecified atom stereocenters. The molecule has 0 heterocycles. The van der Waals surface area contributed by atoms with Crippen LogP contribution in [-0.4, -0.2) is 19.7 Å². The molecule has 1 aromatic carbocycles. The SMILES string of the molecule is C=C(CNCCC)COc1ccc(F)cc1Cl. The molecule has 2 nitrogen and oxygen atoms in total. The van der Waals surface area contributed by atoms with Crippen molar-refractivity contribution in [1.29, 1.82) is 0 Å². The lowest BCUT2D eigenvalue weighted by Crippen LogP contribution is -2.20. The van der Waals surface area contributed by atoms with E-state index in [1.165, 1.54) is 18.2 Å². The maximum absolute atomic E-state index is 12.8. The molecular formula is C13H17ClFNO. The lowest BCUT2D eigenvalue weighted by Gasteiger charge is -2.10. The maximum atomic E-state index is 12.8. The summed E-state index contributed by atoms with van der Waals surface area (Å²) in [5.41, 5.74) is 0.929. The third-order valence-corrected chi connectivity index (χ3v) is 2.42. The van der Waals surface area contributed by atoms with Gasteiger partial charge in [-0.2, -0.15) is 0 Å². The molecule has 0 amide bonds. The highest BCUT2D eigenvalue weighted by Crippen LogP contribution is 2.24. The number of halogens is 2. The average Bonchev–Trinajstić information content (AvgIpc) is 2.28. The Morgan fingerprint density at radius 3 is 2.94 bits per heavy atom. The van der Waals surface area contributed by atoms with Gasteiger partial charge in [-0.05, 0) is 36.7 Å². The van der Waals surface area contributed by atoms with Crippen LogP contribution in [0.3, 0.4) is 0 Å². The van der Waals surface area contributed by atoms with Crippen LogP contribution in [0.5, 0.6) is 5.75 Å². The van der Waals surface area contributed by atoms with E-state index in [-0.39, 0.29) is 10.8 Å². The van der Waals surface area contributed by atoms with E-state index in [1.807, 2.05) is 0 Å². The fourth-order valence-electron chi connectivity index (χ4n) is 1.27.